The summed E-state index contributed by atoms with van der Waals surface area (Å²) >= 11 is 0. The Morgan fingerprint density at radius 3 is 2.78 bits per heavy atom. The van der Waals surface area contributed by atoms with Crippen LogP contribution in [0.15, 0.2) is 29.2 Å². The largest absolute Gasteiger partial charge is 0.497 e. The minimum atomic E-state index is -3.65. The van der Waals surface area contributed by atoms with Gasteiger partial charge in [-0.3, -0.25) is 4.90 Å². The summed E-state index contributed by atoms with van der Waals surface area (Å²) < 4.78 is 32.0. The van der Waals surface area contributed by atoms with Crippen molar-refractivity contribution < 1.29 is 18.3 Å². The number of likely N-dealkylation sites (tertiary alicyclic amines) is 1. The number of hydrogen-bond donors (Lipinski definition) is 2. The highest BCUT2D eigenvalue weighted by molar-refractivity contribution is 7.89. The SMILES string of the molecule is COc1cccc(S(=O)(=O)NC[C@H](O)CN2CC(C)CC2C)c1. The molecule has 0 bridgehead atoms. The lowest BCUT2D eigenvalue weighted by Gasteiger charge is -2.24. The van der Waals surface area contributed by atoms with E-state index in [1.165, 1.54) is 19.2 Å². The third-order valence-corrected chi connectivity index (χ3v) is 5.64. The second-order valence-corrected chi connectivity index (χ2v) is 8.10. The molecule has 1 fully saturated rings. The van der Waals surface area contributed by atoms with Crippen LogP contribution in [0.4, 0.5) is 0 Å². The molecule has 130 valence electrons. The van der Waals surface area contributed by atoms with E-state index in [1.807, 2.05) is 0 Å². The molecule has 23 heavy (non-hydrogen) atoms. The van der Waals surface area contributed by atoms with Gasteiger partial charge >= 0.3 is 0 Å². The summed E-state index contributed by atoms with van der Waals surface area (Å²) in [5.41, 5.74) is 0. The minimum Gasteiger partial charge on any atom is -0.497 e. The van der Waals surface area contributed by atoms with Crippen LogP contribution >= 0.6 is 0 Å². The first-order valence-corrected chi connectivity index (χ1v) is 9.36. The Balaban J connectivity index is 1.91. The summed E-state index contributed by atoms with van der Waals surface area (Å²) in [5, 5.41) is 10.1. The Bertz CT molecular complexity index is 620. The number of aliphatic hydroxyl groups excluding tert-OH is 1. The van der Waals surface area contributed by atoms with Crippen LogP contribution in [0.5, 0.6) is 5.75 Å². The maximum Gasteiger partial charge on any atom is 0.240 e. The molecule has 2 N–H and O–H groups in total. The van der Waals surface area contributed by atoms with Crippen LogP contribution in [0.2, 0.25) is 0 Å². The number of sulfonamides is 1. The van der Waals surface area contributed by atoms with Gasteiger partial charge in [0.15, 0.2) is 0 Å². The highest BCUT2D eigenvalue weighted by Crippen LogP contribution is 2.22. The molecule has 0 aromatic heterocycles. The van der Waals surface area contributed by atoms with E-state index in [-0.39, 0.29) is 11.4 Å². The van der Waals surface area contributed by atoms with Gasteiger partial charge in [-0.1, -0.05) is 13.0 Å². The quantitative estimate of drug-likeness (QED) is 0.775. The zero-order valence-electron chi connectivity index (χ0n) is 13.9. The van der Waals surface area contributed by atoms with Crippen LogP contribution in [0.3, 0.4) is 0 Å². The molecule has 1 aliphatic rings. The molecule has 0 radical (unpaired) electrons. The van der Waals surface area contributed by atoms with Crippen molar-refractivity contribution in [1.29, 1.82) is 0 Å². The van der Waals surface area contributed by atoms with Gasteiger partial charge in [0.2, 0.25) is 10.0 Å². The van der Waals surface area contributed by atoms with Crippen LogP contribution in [0.25, 0.3) is 0 Å². The molecule has 2 rings (SSSR count). The summed E-state index contributed by atoms with van der Waals surface area (Å²) in [6.45, 7) is 5.75. The number of benzene rings is 1. The van der Waals surface area contributed by atoms with Gasteiger partial charge in [-0.25, -0.2) is 13.1 Å². The van der Waals surface area contributed by atoms with E-state index < -0.39 is 16.1 Å². The zero-order chi connectivity index (χ0) is 17.0. The molecule has 0 amide bonds. The normalized spacial score (nSPS) is 23.8. The van der Waals surface area contributed by atoms with E-state index >= 15 is 0 Å². The predicted octanol–water partition coefficient (Wildman–Crippen LogP) is 1.06. The molecule has 0 spiro atoms. The molecule has 2 unspecified atom stereocenters. The summed E-state index contributed by atoms with van der Waals surface area (Å²) in [6, 6.07) is 6.69. The van der Waals surface area contributed by atoms with Crippen molar-refractivity contribution in [3.8, 4) is 5.75 Å². The lowest BCUT2D eigenvalue weighted by molar-refractivity contribution is 0.111. The van der Waals surface area contributed by atoms with Crippen molar-refractivity contribution in [1.82, 2.24) is 9.62 Å². The van der Waals surface area contributed by atoms with Crippen LogP contribution < -0.4 is 9.46 Å². The molecule has 1 heterocycles. The average molecular weight is 342 g/mol. The van der Waals surface area contributed by atoms with Crippen molar-refractivity contribution in [2.24, 2.45) is 5.92 Å². The van der Waals surface area contributed by atoms with E-state index in [9.17, 15) is 13.5 Å². The fourth-order valence-corrected chi connectivity index (χ4v) is 4.14. The summed E-state index contributed by atoms with van der Waals surface area (Å²) in [5.74, 6) is 1.10. The predicted molar refractivity (Wildman–Crippen MR) is 89.0 cm³/mol. The maximum atomic E-state index is 12.3. The highest BCUT2D eigenvalue weighted by Gasteiger charge is 2.27. The monoisotopic (exact) mass is 342 g/mol. The van der Waals surface area contributed by atoms with Gasteiger partial charge in [0.1, 0.15) is 5.75 Å². The number of methoxy groups -OCH3 is 1. The van der Waals surface area contributed by atoms with Crippen LogP contribution in [0.1, 0.15) is 20.3 Å². The molecular formula is C16H26N2O4S. The number of aliphatic hydroxyl groups is 1. The molecule has 1 aromatic carbocycles. The fraction of sp³-hybridized carbons (Fsp3) is 0.625. The van der Waals surface area contributed by atoms with Gasteiger partial charge in [0.25, 0.3) is 0 Å². The third kappa shape index (κ3) is 4.91. The van der Waals surface area contributed by atoms with Gasteiger partial charge in [-0.15, -0.1) is 0 Å². The van der Waals surface area contributed by atoms with Gasteiger partial charge < -0.3 is 9.84 Å². The number of β-amino-alcohol motifs (C(OH)–C–C–N with tert-alkyl or cyclic N) is 1. The number of hydrogen-bond acceptors (Lipinski definition) is 5. The topological polar surface area (TPSA) is 78.9 Å². The van der Waals surface area contributed by atoms with E-state index in [0.29, 0.717) is 24.3 Å². The smallest absolute Gasteiger partial charge is 0.240 e. The van der Waals surface area contributed by atoms with Gasteiger partial charge in [0.05, 0.1) is 18.1 Å². The number of rotatable bonds is 7. The molecular weight excluding hydrogens is 316 g/mol. The molecule has 1 saturated heterocycles. The molecule has 3 atom stereocenters. The Morgan fingerprint density at radius 1 is 1.43 bits per heavy atom. The number of nitrogens with zero attached hydrogens (tertiary/aromatic N) is 1. The second kappa shape index (κ2) is 7.61. The average Bonchev–Trinajstić information content (AvgIpc) is 2.83. The van der Waals surface area contributed by atoms with Crippen molar-refractivity contribution in [3.63, 3.8) is 0 Å². The van der Waals surface area contributed by atoms with Crippen molar-refractivity contribution in [2.45, 2.75) is 37.3 Å². The molecule has 6 nitrogen and oxygen atoms in total. The standard InChI is InChI=1S/C16H26N2O4S/c1-12-7-13(2)18(10-12)11-14(19)9-17-23(20,21)16-6-4-5-15(8-16)22-3/h4-6,8,12-14,17,19H,7,9-11H2,1-3H3/t12?,13?,14-/m0/s1. The summed E-state index contributed by atoms with van der Waals surface area (Å²) in [4.78, 5) is 2.34. The Hall–Kier alpha value is -1.15. The van der Waals surface area contributed by atoms with Gasteiger partial charge in [0, 0.05) is 31.7 Å². The van der Waals surface area contributed by atoms with Crippen LogP contribution in [0, 0.1) is 5.92 Å². The van der Waals surface area contributed by atoms with E-state index in [1.54, 1.807) is 12.1 Å². The first kappa shape index (κ1) is 18.2. The Labute approximate surface area is 138 Å². The number of nitrogens with one attached hydrogen (secondary N) is 1. The molecule has 7 heteroatoms. The second-order valence-electron chi connectivity index (χ2n) is 6.33. The van der Waals surface area contributed by atoms with E-state index in [2.05, 4.69) is 23.5 Å². The Kier molecular flexibility index (Phi) is 6.02. The maximum absolute atomic E-state index is 12.3. The minimum absolute atomic E-state index is 0.00283. The molecule has 1 aliphatic heterocycles. The first-order valence-electron chi connectivity index (χ1n) is 7.87. The third-order valence-electron chi connectivity index (χ3n) is 4.22. The first-order chi connectivity index (χ1) is 10.8. The van der Waals surface area contributed by atoms with Crippen molar-refractivity contribution in [2.75, 3.05) is 26.7 Å². The van der Waals surface area contributed by atoms with Crippen molar-refractivity contribution in [3.05, 3.63) is 24.3 Å². The molecule has 1 aromatic rings. The molecule has 0 aliphatic carbocycles. The van der Waals surface area contributed by atoms with Crippen LogP contribution in [-0.2, 0) is 10.0 Å². The van der Waals surface area contributed by atoms with E-state index in [0.717, 1.165) is 13.0 Å². The summed E-state index contributed by atoms with van der Waals surface area (Å²) in [7, 11) is -2.17. The van der Waals surface area contributed by atoms with Crippen molar-refractivity contribution >= 4 is 10.0 Å². The zero-order valence-corrected chi connectivity index (χ0v) is 14.7. The summed E-state index contributed by atoms with van der Waals surface area (Å²) in [6.07, 6.45) is 0.380. The van der Waals surface area contributed by atoms with Gasteiger partial charge in [-0.05, 0) is 31.4 Å². The lowest BCUT2D eigenvalue weighted by Crippen LogP contribution is -2.41. The Morgan fingerprint density at radius 2 is 2.17 bits per heavy atom. The fourth-order valence-electron chi connectivity index (χ4n) is 3.03. The van der Waals surface area contributed by atoms with E-state index in [4.69, 9.17) is 4.74 Å². The number of ether oxygens (including phenoxy) is 1. The molecule has 0 saturated carbocycles. The van der Waals surface area contributed by atoms with Crippen LogP contribution in [-0.4, -0.2) is 57.3 Å². The highest BCUT2D eigenvalue weighted by atomic mass is 32.2. The van der Waals surface area contributed by atoms with Gasteiger partial charge in [-0.2, -0.15) is 0 Å². The lowest BCUT2D eigenvalue weighted by atomic mass is 10.1.